The SMILES string of the molecule is COc1ccc(-c2ncc(C#N)cc2C)cc1Cl. The quantitative estimate of drug-likeness (QED) is 0.827. The molecule has 0 saturated heterocycles. The van der Waals surface area contributed by atoms with Gasteiger partial charge in [0.1, 0.15) is 11.8 Å². The van der Waals surface area contributed by atoms with E-state index in [-0.39, 0.29) is 0 Å². The fraction of sp³-hybridized carbons (Fsp3) is 0.143. The highest BCUT2D eigenvalue weighted by atomic mass is 35.5. The maximum Gasteiger partial charge on any atom is 0.137 e. The minimum atomic E-state index is 0.542. The molecule has 0 N–H and O–H groups in total. The standard InChI is InChI=1S/C14H11ClN2O/c1-9-5-10(7-16)8-17-14(9)11-3-4-13(18-2)12(15)6-11/h3-6,8H,1-2H3. The summed E-state index contributed by atoms with van der Waals surface area (Å²) >= 11 is 6.09. The number of pyridine rings is 1. The van der Waals surface area contributed by atoms with Gasteiger partial charge in [-0.25, -0.2) is 0 Å². The Morgan fingerprint density at radius 1 is 1.33 bits per heavy atom. The average molecular weight is 259 g/mol. The molecule has 1 aromatic carbocycles. The summed E-state index contributed by atoms with van der Waals surface area (Å²) in [5, 5.41) is 9.35. The summed E-state index contributed by atoms with van der Waals surface area (Å²) in [6.45, 7) is 1.92. The van der Waals surface area contributed by atoms with Crippen LogP contribution in [0.15, 0.2) is 30.5 Å². The number of benzene rings is 1. The van der Waals surface area contributed by atoms with Crippen molar-refractivity contribution in [3.63, 3.8) is 0 Å². The Labute approximate surface area is 111 Å². The Kier molecular flexibility index (Phi) is 3.50. The lowest BCUT2D eigenvalue weighted by molar-refractivity contribution is 0.415. The summed E-state index contributed by atoms with van der Waals surface area (Å²) < 4.78 is 5.11. The van der Waals surface area contributed by atoms with Crippen LogP contribution in [0.1, 0.15) is 11.1 Å². The molecule has 0 fully saturated rings. The molecule has 2 rings (SSSR count). The summed E-state index contributed by atoms with van der Waals surface area (Å²) in [4.78, 5) is 4.29. The Bertz CT molecular complexity index is 632. The summed E-state index contributed by atoms with van der Waals surface area (Å²) in [6.07, 6.45) is 1.56. The maximum atomic E-state index is 8.81. The van der Waals surface area contributed by atoms with Gasteiger partial charge in [-0.05, 0) is 36.8 Å². The van der Waals surface area contributed by atoms with E-state index in [1.54, 1.807) is 25.4 Å². The molecule has 0 amide bonds. The second-order valence-electron chi connectivity index (χ2n) is 3.85. The molecule has 1 heterocycles. The van der Waals surface area contributed by atoms with Gasteiger partial charge in [-0.15, -0.1) is 0 Å². The van der Waals surface area contributed by atoms with Gasteiger partial charge in [0.25, 0.3) is 0 Å². The molecule has 0 bridgehead atoms. The molecule has 0 saturated carbocycles. The third kappa shape index (κ3) is 2.29. The lowest BCUT2D eigenvalue weighted by Gasteiger charge is -2.08. The minimum absolute atomic E-state index is 0.542. The van der Waals surface area contributed by atoms with Gasteiger partial charge in [0.15, 0.2) is 0 Å². The number of hydrogen-bond acceptors (Lipinski definition) is 3. The predicted molar refractivity (Wildman–Crippen MR) is 70.7 cm³/mol. The third-order valence-electron chi connectivity index (χ3n) is 2.63. The van der Waals surface area contributed by atoms with Gasteiger partial charge in [0.05, 0.1) is 23.4 Å². The fourth-order valence-corrected chi connectivity index (χ4v) is 2.01. The number of nitrogens with zero attached hydrogens (tertiary/aromatic N) is 2. The smallest absolute Gasteiger partial charge is 0.137 e. The number of nitriles is 1. The molecule has 0 radical (unpaired) electrons. The first-order valence-corrected chi connectivity index (χ1v) is 5.74. The molecule has 90 valence electrons. The van der Waals surface area contributed by atoms with Crippen LogP contribution in [0.2, 0.25) is 5.02 Å². The monoisotopic (exact) mass is 258 g/mol. The van der Waals surface area contributed by atoms with Gasteiger partial charge >= 0.3 is 0 Å². The lowest BCUT2D eigenvalue weighted by atomic mass is 10.1. The number of hydrogen-bond donors (Lipinski definition) is 0. The molecule has 1 aromatic heterocycles. The van der Waals surface area contributed by atoms with Crippen molar-refractivity contribution in [2.75, 3.05) is 7.11 Å². The molecule has 4 heteroatoms. The molecule has 0 unspecified atom stereocenters. The van der Waals surface area contributed by atoms with Crippen LogP contribution in [0.5, 0.6) is 5.75 Å². The van der Waals surface area contributed by atoms with Crippen LogP contribution in [-0.4, -0.2) is 12.1 Å². The van der Waals surface area contributed by atoms with Crippen LogP contribution in [0.3, 0.4) is 0 Å². The number of methoxy groups -OCH3 is 1. The number of aryl methyl sites for hydroxylation is 1. The molecular weight excluding hydrogens is 248 g/mol. The van der Waals surface area contributed by atoms with Gasteiger partial charge in [-0.3, -0.25) is 4.98 Å². The van der Waals surface area contributed by atoms with Gasteiger partial charge < -0.3 is 4.74 Å². The highest BCUT2D eigenvalue weighted by molar-refractivity contribution is 6.32. The van der Waals surface area contributed by atoms with E-state index in [2.05, 4.69) is 11.1 Å². The van der Waals surface area contributed by atoms with Crippen LogP contribution < -0.4 is 4.74 Å². The molecule has 2 aromatic rings. The third-order valence-corrected chi connectivity index (χ3v) is 2.93. The van der Waals surface area contributed by atoms with Crippen molar-refractivity contribution in [3.8, 4) is 23.1 Å². The summed E-state index contributed by atoms with van der Waals surface area (Å²) in [7, 11) is 1.58. The zero-order chi connectivity index (χ0) is 13.1. The van der Waals surface area contributed by atoms with E-state index in [0.29, 0.717) is 16.3 Å². The molecule has 0 atom stereocenters. The van der Waals surface area contributed by atoms with Crippen LogP contribution in [0.25, 0.3) is 11.3 Å². The van der Waals surface area contributed by atoms with Crippen molar-refractivity contribution in [3.05, 3.63) is 46.6 Å². The van der Waals surface area contributed by atoms with Crippen molar-refractivity contribution in [1.29, 1.82) is 5.26 Å². The first-order valence-electron chi connectivity index (χ1n) is 5.36. The van der Waals surface area contributed by atoms with Crippen LogP contribution >= 0.6 is 11.6 Å². The normalized spacial score (nSPS) is 9.89. The molecular formula is C14H11ClN2O. The van der Waals surface area contributed by atoms with Crippen molar-refractivity contribution in [2.45, 2.75) is 6.92 Å². The van der Waals surface area contributed by atoms with Crippen LogP contribution in [0, 0.1) is 18.3 Å². The van der Waals surface area contributed by atoms with E-state index in [0.717, 1.165) is 16.8 Å². The van der Waals surface area contributed by atoms with Crippen molar-refractivity contribution in [2.24, 2.45) is 0 Å². The Morgan fingerprint density at radius 2 is 2.11 bits per heavy atom. The molecule has 0 aliphatic heterocycles. The molecule has 3 nitrogen and oxygen atoms in total. The van der Waals surface area contributed by atoms with Crippen LogP contribution in [0.4, 0.5) is 0 Å². The zero-order valence-electron chi connectivity index (χ0n) is 10.1. The Morgan fingerprint density at radius 3 is 2.67 bits per heavy atom. The van der Waals surface area contributed by atoms with Gasteiger partial charge in [0.2, 0.25) is 0 Å². The van der Waals surface area contributed by atoms with E-state index in [1.165, 1.54) is 0 Å². The largest absolute Gasteiger partial charge is 0.495 e. The van der Waals surface area contributed by atoms with E-state index in [9.17, 15) is 0 Å². The molecule has 18 heavy (non-hydrogen) atoms. The number of ether oxygens (including phenoxy) is 1. The van der Waals surface area contributed by atoms with Crippen molar-refractivity contribution in [1.82, 2.24) is 4.98 Å². The van der Waals surface area contributed by atoms with Crippen molar-refractivity contribution < 1.29 is 4.74 Å². The Hall–Kier alpha value is -2.05. The molecule has 0 spiro atoms. The van der Waals surface area contributed by atoms with E-state index >= 15 is 0 Å². The number of rotatable bonds is 2. The zero-order valence-corrected chi connectivity index (χ0v) is 10.8. The highest BCUT2D eigenvalue weighted by Gasteiger charge is 2.08. The fourth-order valence-electron chi connectivity index (χ4n) is 1.75. The number of halogens is 1. The maximum absolute atomic E-state index is 8.81. The topological polar surface area (TPSA) is 45.9 Å². The lowest BCUT2D eigenvalue weighted by Crippen LogP contribution is -1.91. The van der Waals surface area contributed by atoms with E-state index < -0.39 is 0 Å². The van der Waals surface area contributed by atoms with Crippen molar-refractivity contribution >= 4 is 11.6 Å². The summed E-state index contributed by atoms with van der Waals surface area (Å²) in [5.74, 6) is 0.631. The van der Waals surface area contributed by atoms with E-state index in [1.807, 2.05) is 19.1 Å². The number of aromatic nitrogens is 1. The first-order chi connectivity index (χ1) is 8.65. The second-order valence-corrected chi connectivity index (χ2v) is 4.26. The van der Waals surface area contributed by atoms with E-state index in [4.69, 9.17) is 21.6 Å². The molecule has 0 aliphatic carbocycles. The van der Waals surface area contributed by atoms with Gasteiger partial charge in [-0.1, -0.05) is 11.6 Å². The van der Waals surface area contributed by atoms with Gasteiger partial charge in [-0.2, -0.15) is 5.26 Å². The highest BCUT2D eigenvalue weighted by Crippen LogP contribution is 2.30. The summed E-state index contributed by atoms with van der Waals surface area (Å²) in [5.41, 5.74) is 3.22. The first kappa shape index (κ1) is 12.4. The van der Waals surface area contributed by atoms with Crippen LogP contribution in [-0.2, 0) is 0 Å². The Balaban J connectivity index is 2.49. The average Bonchev–Trinajstić information content (AvgIpc) is 2.38. The second kappa shape index (κ2) is 5.07. The summed E-state index contributed by atoms with van der Waals surface area (Å²) in [6, 6.07) is 9.38. The minimum Gasteiger partial charge on any atom is -0.495 e. The van der Waals surface area contributed by atoms with Gasteiger partial charge in [0, 0.05) is 11.8 Å². The molecule has 0 aliphatic rings. The predicted octanol–water partition coefficient (Wildman–Crippen LogP) is 3.59.